The zero-order chi connectivity index (χ0) is 10.9. The minimum absolute atomic E-state index is 0.0305. The summed E-state index contributed by atoms with van der Waals surface area (Å²) in [6.45, 7) is 6.99. The second-order valence-corrected chi connectivity index (χ2v) is 4.18. The van der Waals surface area contributed by atoms with Gasteiger partial charge in [0.15, 0.2) is 0 Å². The lowest BCUT2D eigenvalue weighted by molar-refractivity contribution is 0.179. The summed E-state index contributed by atoms with van der Waals surface area (Å²) in [4.78, 5) is 0. The van der Waals surface area contributed by atoms with Gasteiger partial charge in [0.05, 0.1) is 12.3 Å². The summed E-state index contributed by atoms with van der Waals surface area (Å²) >= 11 is 0. The van der Waals surface area contributed by atoms with E-state index in [0.717, 1.165) is 11.5 Å². The molecule has 1 aliphatic rings. The Kier molecular flexibility index (Phi) is 2.39. The summed E-state index contributed by atoms with van der Waals surface area (Å²) in [5, 5.41) is 4.21. The Balaban J connectivity index is 2.30. The van der Waals surface area contributed by atoms with Crippen LogP contribution in [0.25, 0.3) is 5.70 Å². The van der Waals surface area contributed by atoms with Gasteiger partial charge in [-0.1, -0.05) is 0 Å². The Morgan fingerprint density at radius 1 is 1.47 bits per heavy atom. The molecule has 3 nitrogen and oxygen atoms in total. The lowest BCUT2D eigenvalue weighted by atomic mass is 9.94. The lowest BCUT2D eigenvalue weighted by Gasteiger charge is -2.19. The van der Waals surface area contributed by atoms with E-state index in [0.29, 0.717) is 6.61 Å². The van der Waals surface area contributed by atoms with Crippen molar-refractivity contribution in [1.82, 2.24) is 9.78 Å². The van der Waals surface area contributed by atoms with Crippen molar-refractivity contribution < 1.29 is 4.74 Å². The molecule has 1 aliphatic carbocycles. The number of allylic oxidation sites excluding steroid dienone is 3. The van der Waals surface area contributed by atoms with Crippen LogP contribution in [0, 0.1) is 5.41 Å². The molecular weight excluding hydrogens is 188 g/mol. The maximum absolute atomic E-state index is 5.61. The van der Waals surface area contributed by atoms with Crippen molar-refractivity contribution in [1.29, 1.82) is 0 Å². The molecule has 0 aliphatic heterocycles. The van der Waals surface area contributed by atoms with Crippen molar-refractivity contribution in [2.24, 2.45) is 5.41 Å². The molecule has 0 spiro atoms. The topological polar surface area (TPSA) is 27.1 Å². The van der Waals surface area contributed by atoms with E-state index in [1.54, 1.807) is 6.20 Å². The van der Waals surface area contributed by atoms with Gasteiger partial charge in [-0.05, 0) is 32.9 Å². The smallest absolute Gasteiger partial charge is 0.107 e. The van der Waals surface area contributed by atoms with Gasteiger partial charge in [0.2, 0.25) is 0 Å². The predicted octanol–water partition coefficient (Wildman–Crippen LogP) is 2.68. The maximum atomic E-state index is 5.61. The van der Waals surface area contributed by atoms with Gasteiger partial charge in [-0.25, -0.2) is 4.68 Å². The van der Waals surface area contributed by atoms with E-state index in [-0.39, 0.29) is 5.41 Å². The third-order valence-corrected chi connectivity index (χ3v) is 2.49. The number of nitrogens with zero attached hydrogens (tertiary/aromatic N) is 2. The van der Waals surface area contributed by atoms with Crippen LogP contribution in [0.4, 0.5) is 0 Å². The van der Waals surface area contributed by atoms with Gasteiger partial charge in [0, 0.05) is 23.9 Å². The Morgan fingerprint density at radius 3 is 2.87 bits per heavy atom. The average molecular weight is 204 g/mol. The minimum Gasteiger partial charge on any atom is -0.497 e. The maximum Gasteiger partial charge on any atom is 0.107 e. The first-order chi connectivity index (χ1) is 7.13. The second-order valence-electron chi connectivity index (χ2n) is 4.18. The summed E-state index contributed by atoms with van der Waals surface area (Å²) in [6, 6.07) is 1.92. The third kappa shape index (κ3) is 1.82. The fraction of sp³-hybridized carbons (Fsp3) is 0.417. The van der Waals surface area contributed by atoms with Crippen LogP contribution < -0.4 is 0 Å². The molecular formula is C12H16N2O. The molecule has 0 aromatic carbocycles. The van der Waals surface area contributed by atoms with Crippen LogP contribution in [0.2, 0.25) is 0 Å². The van der Waals surface area contributed by atoms with Crippen LogP contribution >= 0.6 is 0 Å². The lowest BCUT2D eigenvalue weighted by Crippen LogP contribution is -2.11. The summed E-state index contributed by atoms with van der Waals surface area (Å²) in [6.07, 6.45) is 7.94. The number of hydrogen-bond donors (Lipinski definition) is 0. The number of aromatic nitrogens is 2. The fourth-order valence-corrected chi connectivity index (χ4v) is 1.74. The van der Waals surface area contributed by atoms with Crippen molar-refractivity contribution in [2.75, 3.05) is 6.61 Å². The summed E-state index contributed by atoms with van der Waals surface area (Å²) in [5.41, 5.74) is 1.05. The highest BCUT2D eigenvalue weighted by Gasteiger charge is 2.28. The van der Waals surface area contributed by atoms with Crippen LogP contribution in [-0.2, 0) is 4.74 Å². The van der Waals surface area contributed by atoms with E-state index in [2.05, 4.69) is 31.1 Å². The molecule has 15 heavy (non-hydrogen) atoms. The van der Waals surface area contributed by atoms with Crippen LogP contribution in [0.1, 0.15) is 20.8 Å². The Labute approximate surface area is 90.1 Å². The summed E-state index contributed by atoms with van der Waals surface area (Å²) in [7, 11) is 0. The number of ether oxygens (including phenoxy) is 1. The van der Waals surface area contributed by atoms with Crippen molar-refractivity contribution in [3.05, 3.63) is 36.4 Å². The number of rotatable bonds is 3. The van der Waals surface area contributed by atoms with Crippen molar-refractivity contribution in [3.8, 4) is 0 Å². The average Bonchev–Trinajstić information content (AvgIpc) is 2.75. The molecule has 0 saturated heterocycles. The van der Waals surface area contributed by atoms with Crippen molar-refractivity contribution in [2.45, 2.75) is 20.8 Å². The highest BCUT2D eigenvalue weighted by Crippen LogP contribution is 2.37. The molecule has 3 heteroatoms. The standard InChI is InChI=1S/C12H16N2O/c1-4-15-11-8-10(9-12(11,2)3)14-7-5-6-13-14/h5-9H,4H2,1-3H3. The van der Waals surface area contributed by atoms with E-state index in [9.17, 15) is 0 Å². The van der Waals surface area contributed by atoms with E-state index in [1.165, 1.54) is 0 Å². The first kappa shape index (κ1) is 10.0. The van der Waals surface area contributed by atoms with Crippen LogP contribution in [0.15, 0.2) is 36.4 Å². The summed E-state index contributed by atoms with van der Waals surface area (Å²) < 4.78 is 7.47. The Morgan fingerprint density at radius 2 is 2.27 bits per heavy atom. The number of hydrogen-bond acceptors (Lipinski definition) is 2. The highest BCUT2D eigenvalue weighted by atomic mass is 16.5. The predicted molar refractivity (Wildman–Crippen MR) is 60.0 cm³/mol. The molecule has 0 saturated carbocycles. The quantitative estimate of drug-likeness (QED) is 0.757. The first-order valence-electron chi connectivity index (χ1n) is 5.21. The van der Waals surface area contributed by atoms with E-state index < -0.39 is 0 Å². The Bertz CT molecular complexity index is 399. The van der Waals surface area contributed by atoms with Gasteiger partial charge in [-0.2, -0.15) is 5.10 Å². The zero-order valence-corrected chi connectivity index (χ0v) is 9.40. The van der Waals surface area contributed by atoms with Crippen LogP contribution in [-0.4, -0.2) is 16.4 Å². The molecule has 2 rings (SSSR count). The van der Waals surface area contributed by atoms with Gasteiger partial charge in [0.1, 0.15) is 5.76 Å². The van der Waals surface area contributed by atoms with E-state index in [4.69, 9.17) is 4.74 Å². The molecule has 0 bridgehead atoms. The normalized spacial score (nSPS) is 18.6. The first-order valence-corrected chi connectivity index (χ1v) is 5.21. The molecule has 80 valence electrons. The molecule has 1 aromatic heterocycles. The molecule has 1 heterocycles. The molecule has 0 radical (unpaired) electrons. The van der Waals surface area contributed by atoms with Crippen molar-refractivity contribution in [3.63, 3.8) is 0 Å². The molecule has 0 amide bonds. The SMILES string of the molecule is CCOC1=CC(n2cccn2)=CC1(C)C. The van der Waals surface area contributed by atoms with Gasteiger partial charge in [-0.3, -0.25) is 0 Å². The van der Waals surface area contributed by atoms with Crippen molar-refractivity contribution >= 4 is 5.70 Å². The van der Waals surface area contributed by atoms with Gasteiger partial charge < -0.3 is 4.74 Å². The van der Waals surface area contributed by atoms with Crippen LogP contribution in [0.3, 0.4) is 0 Å². The third-order valence-electron chi connectivity index (χ3n) is 2.49. The highest BCUT2D eigenvalue weighted by molar-refractivity contribution is 5.63. The molecule has 0 N–H and O–H groups in total. The summed E-state index contributed by atoms with van der Waals surface area (Å²) in [5.74, 6) is 1.01. The van der Waals surface area contributed by atoms with Crippen LogP contribution in [0.5, 0.6) is 0 Å². The molecule has 0 fully saturated rings. The second kappa shape index (κ2) is 3.57. The van der Waals surface area contributed by atoms with Gasteiger partial charge in [0.25, 0.3) is 0 Å². The van der Waals surface area contributed by atoms with Gasteiger partial charge >= 0.3 is 0 Å². The van der Waals surface area contributed by atoms with E-state index in [1.807, 2.05) is 23.9 Å². The molecule has 1 aromatic rings. The minimum atomic E-state index is -0.0305. The van der Waals surface area contributed by atoms with E-state index >= 15 is 0 Å². The zero-order valence-electron chi connectivity index (χ0n) is 9.40. The largest absolute Gasteiger partial charge is 0.497 e. The molecule has 0 unspecified atom stereocenters. The fourth-order valence-electron chi connectivity index (χ4n) is 1.74. The monoisotopic (exact) mass is 204 g/mol. The van der Waals surface area contributed by atoms with Gasteiger partial charge in [-0.15, -0.1) is 0 Å². The Hall–Kier alpha value is -1.51. The molecule has 0 atom stereocenters.